The standard InChI is InChI=1S/C13H9ClNO2/c14-12-4-3-9-5-11(2-1-10(9)6-12)13(7-16)15-8-17/h1-6,8,13H,(H,15,17). The summed E-state index contributed by atoms with van der Waals surface area (Å²) in [6.45, 7) is 0. The molecule has 1 atom stereocenters. The summed E-state index contributed by atoms with van der Waals surface area (Å²) >= 11 is 5.88. The van der Waals surface area contributed by atoms with Crippen LogP contribution in [0.5, 0.6) is 0 Å². The number of hydrogen-bond donors (Lipinski definition) is 1. The monoisotopic (exact) mass is 246 g/mol. The van der Waals surface area contributed by atoms with E-state index in [0.717, 1.165) is 10.8 Å². The Bertz CT molecular complexity index is 568. The molecule has 85 valence electrons. The summed E-state index contributed by atoms with van der Waals surface area (Å²) in [5.41, 5.74) is 0.696. The Labute approximate surface area is 103 Å². The number of fused-ring (bicyclic) bond motifs is 1. The molecule has 1 radical (unpaired) electrons. The fourth-order valence-electron chi connectivity index (χ4n) is 1.68. The van der Waals surface area contributed by atoms with Crippen molar-refractivity contribution in [2.45, 2.75) is 6.04 Å². The average Bonchev–Trinajstić information content (AvgIpc) is 2.35. The lowest BCUT2D eigenvalue weighted by molar-refractivity contribution is -0.109. The maximum atomic E-state index is 10.7. The molecule has 0 heterocycles. The maximum absolute atomic E-state index is 10.7. The number of halogens is 1. The van der Waals surface area contributed by atoms with Gasteiger partial charge in [-0.15, -0.1) is 0 Å². The van der Waals surface area contributed by atoms with E-state index in [1.54, 1.807) is 18.4 Å². The first-order valence-corrected chi connectivity index (χ1v) is 5.39. The van der Waals surface area contributed by atoms with Crippen molar-refractivity contribution in [2.75, 3.05) is 0 Å². The van der Waals surface area contributed by atoms with Crippen LogP contribution in [0, 0.1) is 0 Å². The van der Waals surface area contributed by atoms with Gasteiger partial charge in [-0.3, -0.25) is 9.59 Å². The molecule has 2 rings (SSSR count). The van der Waals surface area contributed by atoms with Gasteiger partial charge in [-0.2, -0.15) is 0 Å². The number of hydrogen-bond acceptors (Lipinski definition) is 2. The zero-order valence-electron chi connectivity index (χ0n) is 8.81. The lowest BCUT2D eigenvalue weighted by atomic mass is 10.0. The first-order chi connectivity index (χ1) is 8.24. The van der Waals surface area contributed by atoms with E-state index in [-0.39, 0.29) is 0 Å². The van der Waals surface area contributed by atoms with Crippen LogP contribution in [0.1, 0.15) is 11.6 Å². The van der Waals surface area contributed by atoms with Crippen LogP contribution in [-0.2, 0) is 9.59 Å². The van der Waals surface area contributed by atoms with Gasteiger partial charge in [0.05, 0.1) is 0 Å². The molecule has 17 heavy (non-hydrogen) atoms. The molecule has 2 aromatic rings. The predicted molar refractivity (Wildman–Crippen MR) is 66.6 cm³/mol. The van der Waals surface area contributed by atoms with E-state index < -0.39 is 6.04 Å². The third-order valence-electron chi connectivity index (χ3n) is 2.51. The Morgan fingerprint density at radius 3 is 2.59 bits per heavy atom. The van der Waals surface area contributed by atoms with E-state index in [4.69, 9.17) is 11.6 Å². The summed E-state index contributed by atoms with van der Waals surface area (Å²) in [5, 5.41) is 5.00. The second kappa shape index (κ2) is 4.97. The zero-order chi connectivity index (χ0) is 12.3. The van der Waals surface area contributed by atoms with Crippen LogP contribution >= 0.6 is 11.6 Å². The molecular weight excluding hydrogens is 238 g/mol. The molecule has 1 amide bonds. The predicted octanol–water partition coefficient (Wildman–Crippen LogP) is 2.39. The smallest absolute Gasteiger partial charge is 0.227 e. The normalized spacial score (nSPS) is 12.1. The van der Waals surface area contributed by atoms with E-state index in [0.29, 0.717) is 17.0 Å². The number of rotatable bonds is 4. The second-order valence-corrected chi connectivity index (χ2v) is 4.02. The number of nitrogens with one attached hydrogen (secondary N) is 1. The van der Waals surface area contributed by atoms with E-state index >= 15 is 0 Å². The number of amides is 1. The maximum Gasteiger partial charge on any atom is 0.227 e. The highest BCUT2D eigenvalue weighted by Gasteiger charge is 2.10. The highest BCUT2D eigenvalue weighted by molar-refractivity contribution is 6.31. The van der Waals surface area contributed by atoms with Gasteiger partial charge >= 0.3 is 0 Å². The Kier molecular flexibility index (Phi) is 3.40. The molecule has 4 heteroatoms. The molecule has 3 nitrogen and oxygen atoms in total. The first kappa shape index (κ1) is 11.6. The van der Waals surface area contributed by atoms with Crippen molar-refractivity contribution in [3.8, 4) is 0 Å². The van der Waals surface area contributed by atoms with Gasteiger partial charge in [0.1, 0.15) is 6.04 Å². The van der Waals surface area contributed by atoms with Crippen molar-refractivity contribution in [2.24, 2.45) is 0 Å². The van der Waals surface area contributed by atoms with E-state index in [1.807, 2.05) is 24.3 Å². The topological polar surface area (TPSA) is 46.2 Å². The SMILES string of the molecule is O=[C]C(NC=O)c1ccc2cc(Cl)ccc2c1. The summed E-state index contributed by atoms with van der Waals surface area (Å²) in [4.78, 5) is 21.1. The Balaban J connectivity index is 2.46. The van der Waals surface area contributed by atoms with Crippen molar-refractivity contribution in [3.63, 3.8) is 0 Å². The minimum atomic E-state index is -0.729. The van der Waals surface area contributed by atoms with E-state index in [1.165, 1.54) is 0 Å². The van der Waals surface area contributed by atoms with E-state index in [9.17, 15) is 9.59 Å². The molecule has 1 N–H and O–H groups in total. The van der Waals surface area contributed by atoms with Crippen LogP contribution in [0.4, 0.5) is 0 Å². The van der Waals surface area contributed by atoms with E-state index in [2.05, 4.69) is 5.32 Å². The average molecular weight is 247 g/mol. The number of carbonyl (C=O) groups excluding carboxylic acids is 2. The summed E-state index contributed by atoms with van der Waals surface area (Å²) in [7, 11) is 0. The third kappa shape index (κ3) is 2.45. The molecule has 0 aliphatic heterocycles. The summed E-state index contributed by atoms with van der Waals surface area (Å²) < 4.78 is 0. The molecule has 0 saturated carbocycles. The molecule has 0 fully saturated rings. The summed E-state index contributed by atoms with van der Waals surface area (Å²) in [6.07, 6.45) is 2.26. The van der Waals surface area contributed by atoms with Crippen molar-refractivity contribution in [1.29, 1.82) is 0 Å². The Morgan fingerprint density at radius 2 is 1.88 bits per heavy atom. The molecule has 0 bridgehead atoms. The van der Waals surface area contributed by atoms with Crippen LogP contribution in [0.2, 0.25) is 5.02 Å². The van der Waals surface area contributed by atoms with Crippen LogP contribution < -0.4 is 5.32 Å². The molecule has 2 aromatic carbocycles. The zero-order valence-corrected chi connectivity index (χ0v) is 9.57. The fraction of sp³-hybridized carbons (Fsp3) is 0.0769. The molecule has 0 spiro atoms. The summed E-state index contributed by atoms with van der Waals surface area (Å²) in [5.74, 6) is 0. The lowest BCUT2D eigenvalue weighted by Crippen LogP contribution is -2.20. The molecule has 0 aromatic heterocycles. The van der Waals surface area contributed by atoms with Crippen molar-refractivity contribution in [1.82, 2.24) is 5.32 Å². The van der Waals surface area contributed by atoms with Gasteiger partial charge in [-0.05, 0) is 34.5 Å². The van der Waals surface area contributed by atoms with Crippen molar-refractivity contribution < 1.29 is 9.59 Å². The first-order valence-electron chi connectivity index (χ1n) is 5.01. The third-order valence-corrected chi connectivity index (χ3v) is 2.75. The second-order valence-electron chi connectivity index (χ2n) is 3.59. The quantitative estimate of drug-likeness (QED) is 0.842. The van der Waals surface area contributed by atoms with Gasteiger partial charge in [-0.1, -0.05) is 29.8 Å². The Hall–Kier alpha value is -1.87. The lowest BCUT2D eigenvalue weighted by Gasteiger charge is -2.09. The van der Waals surface area contributed by atoms with Gasteiger partial charge in [0, 0.05) is 5.02 Å². The van der Waals surface area contributed by atoms with Gasteiger partial charge in [0.25, 0.3) is 0 Å². The van der Waals surface area contributed by atoms with Gasteiger partial charge in [0.15, 0.2) is 0 Å². The number of benzene rings is 2. The van der Waals surface area contributed by atoms with Crippen molar-refractivity contribution >= 4 is 35.1 Å². The van der Waals surface area contributed by atoms with Crippen LogP contribution in [-0.4, -0.2) is 12.7 Å². The van der Waals surface area contributed by atoms with Crippen molar-refractivity contribution in [3.05, 3.63) is 47.0 Å². The largest absolute Gasteiger partial charge is 0.344 e. The number of carbonyl (C=O) groups is 1. The van der Waals surface area contributed by atoms with Gasteiger partial charge in [-0.25, -0.2) is 0 Å². The molecular formula is C13H9ClNO2. The highest BCUT2D eigenvalue weighted by Crippen LogP contribution is 2.22. The minimum absolute atomic E-state index is 0.488. The molecule has 0 aliphatic carbocycles. The molecule has 0 aliphatic rings. The minimum Gasteiger partial charge on any atom is -0.344 e. The highest BCUT2D eigenvalue weighted by atomic mass is 35.5. The van der Waals surface area contributed by atoms with Crippen LogP contribution in [0.25, 0.3) is 10.8 Å². The molecule has 0 saturated heterocycles. The summed E-state index contributed by atoms with van der Waals surface area (Å²) in [6, 6.07) is 10.2. The Morgan fingerprint density at radius 1 is 1.18 bits per heavy atom. The van der Waals surface area contributed by atoms with Crippen LogP contribution in [0.15, 0.2) is 36.4 Å². The van der Waals surface area contributed by atoms with Gasteiger partial charge < -0.3 is 5.32 Å². The fourth-order valence-corrected chi connectivity index (χ4v) is 1.86. The van der Waals surface area contributed by atoms with Gasteiger partial charge in [0.2, 0.25) is 12.7 Å². The molecule has 1 unspecified atom stereocenters. The van der Waals surface area contributed by atoms with Crippen LogP contribution in [0.3, 0.4) is 0 Å².